The molecule has 0 aliphatic carbocycles. The Kier molecular flexibility index (Phi) is 16.9. The first-order chi connectivity index (χ1) is 26.3. The van der Waals surface area contributed by atoms with Gasteiger partial charge in [0.15, 0.2) is 23.0 Å². The highest BCUT2D eigenvalue weighted by molar-refractivity contribution is 7.14. The molecular formula is C50H84O4S3. The summed E-state index contributed by atoms with van der Waals surface area (Å²) in [4.78, 5) is 7.82. The van der Waals surface area contributed by atoms with Gasteiger partial charge < -0.3 is 18.9 Å². The van der Waals surface area contributed by atoms with Crippen molar-refractivity contribution in [3.63, 3.8) is 0 Å². The van der Waals surface area contributed by atoms with Crippen LogP contribution in [0.2, 0.25) is 0 Å². The van der Waals surface area contributed by atoms with Crippen molar-refractivity contribution in [2.24, 2.45) is 11.8 Å². The van der Waals surface area contributed by atoms with E-state index in [1.54, 1.807) is 14.2 Å². The summed E-state index contributed by atoms with van der Waals surface area (Å²) in [7, 11) is 3.55. The van der Waals surface area contributed by atoms with Crippen LogP contribution in [0.3, 0.4) is 0 Å². The zero-order valence-electron chi connectivity index (χ0n) is 40.2. The van der Waals surface area contributed by atoms with Crippen molar-refractivity contribution < 1.29 is 18.9 Å². The van der Waals surface area contributed by atoms with Gasteiger partial charge in [0, 0.05) is 42.2 Å². The molecular weight excluding hydrogens is 761 g/mol. The fourth-order valence-electron chi connectivity index (χ4n) is 7.64. The summed E-state index contributed by atoms with van der Waals surface area (Å²) < 4.78 is 26.4. The van der Waals surface area contributed by atoms with Gasteiger partial charge in [-0.05, 0) is 36.8 Å². The van der Waals surface area contributed by atoms with E-state index in [0.717, 1.165) is 49.1 Å². The largest absolute Gasteiger partial charge is 0.492 e. The van der Waals surface area contributed by atoms with Gasteiger partial charge in [-0.3, -0.25) is 0 Å². The van der Waals surface area contributed by atoms with Gasteiger partial charge in [-0.25, -0.2) is 0 Å². The van der Waals surface area contributed by atoms with Crippen LogP contribution in [0, 0.1) is 11.8 Å². The molecule has 0 aliphatic heterocycles. The van der Waals surface area contributed by atoms with Crippen molar-refractivity contribution in [2.75, 3.05) is 27.4 Å². The molecule has 0 fully saturated rings. The Hall–Kier alpha value is -1.70. The molecule has 3 aromatic heterocycles. The Morgan fingerprint density at radius 2 is 0.789 bits per heavy atom. The summed E-state index contributed by atoms with van der Waals surface area (Å²) >= 11 is 5.75. The van der Waals surface area contributed by atoms with Gasteiger partial charge in [-0.1, -0.05) is 163 Å². The van der Waals surface area contributed by atoms with Gasteiger partial charge in [-0.2, -0.15) is 0 Å². The van der Waals surface area contributed by atoms with E-state index in [4.69, 9.17) is 18.9 Å². The lowest BCUT2D eigenvalue weighted by atomic mass is 9.65. The molecule has 0 amide bonds. The SMILES string of the molecule is CCCCC(CC)COc1c(C(C)(C)C)sc(C(C)(C)C(C)(C)c2ccc(C(C)(C)C(C)(C)c3sc(C(C)(C)C)c(OC)c3OC)s2)c1OCC(CC)CCCC. The quantitative estimate of drug-likeness (QED) is 0.101. The molecule has 0 bridgehead atoms. The van der Waals surface area contributed by atoms with Gasteiger partial charge in [0.25, 0.3) is 0 Å². The van der Waals surface area contributed by atoms with E-state index in [1.165, 1.54) is 67.8 Å². The Bertz CT molecular complexity index is 1700. The van der Waals surface area contributed by atoms with E-state index in [1.807, 2.05) is 34.0 Å². The normalized spacial score (nSPS) is 14.5. The van der Waals surface area contributed by atoms with E-state index >= 15 is 0 Å². The minimum Gasteiger partial charge on any atom is -0.492 e. The molecule has 0 N–H and O–H groups in total. The minimum atomic E-state index is -0.264. The van der Waals surface area contributed by atoms with Crippen LogP contribution in [-0.4, -0.2) is 27.4 Å². The summed E-state index contributed by atoms with van der Waals surface area (Å²) in [6.45, 7) is 43.8. The summed E-state index contributed by atoms with van der Waals surface area (Å²) in [6.07, 6.45) is 9.56. The molecule has 3 aromatic rings. The van der Waals surface area contributed by atoms with Crippen LogP contribution in [0.25, 0.3) is 0 Å². The standard InChI is InChI=1S/C50H84O4S3/c1-21-25-27-33(23-3)31-53-39-40(54-32-34(24-4)28-26-22-2)44(57-42(39)46(8,9)10)50(17,18)48(13,14)36-30-29-35(55-36)47(11,12)49(15,16)43-38(52-20)37(51-19)41(56-43)45(5,6)7/h29-30,33-34H,21-28,31-32H2,1-20H3. The first kappa shape index (κ1) is 49.7. The Balaban J connectivity index is 2.19. The maximum atomic E-state index is 7.15. The molecule has 0 aromatic carbocycles. The molecule has 0 spiro atoms. The zero-order valence-corrected chi connectivity index (χ0v) is 42.7. The molecule has 2 atom stereocenters. The van der Waals surface area contributed by atoms with Gasteiger partial charge in [0.05, 0.1) is 46.9 Å². The Morgan fingerprint density at radius 3 is 1.12 bits per heavy atom. The van der Waals surface area contributed by atoms with Gasteiger partial charge in [-0.15, -0.1) is 34.0 Å². The van der Waals surface area contributed by atoms with Crippen LogP contribution >= 0.6 is 34.0 Å². The highest BCUT2D eigenvalue weighted by Gasteiger charge is 2.49. The third-order valence-electron chi connectivity index (χ3n) is 13.5. The number of rotatable bonds is 22. The monoisotopic (exact) mass is 845 g/mol. The topological polar surface area (TPSA) is 36.9 Å². The van der Waals surface area contributed by atoms with E-state index in [0.29, 0.717) is 11.8 Å². The number of hydrogen-bond acceptors (Lipinski definition) is 7. The fraction of sp³-hybridized carbons (Fsp3) is 0.760. The maximum absolute atomic E-state index is 7.15. The predicted molar refractivity (Wildman–Crippen MR) is 253 cm³/mol. The average Bonchev–Trinajstić information content (AvgIpc) is 3.88. The first-order valence-corrected chi connectivity index (χ1v) is 24.6. The summed E-state index contributed by atoms with van der Waals surface area (Å²) in [5.41, 5.74) is -1.07. The third kappa shape index (κ3) is 10.4. The molecule has 0 radical (unpaired) electrons. The molecule has 57 heavy (non-hydrogen) atoms. The molecule has 0 saturated heterocycles. The first-order valence-electron chi connectivity index (χ1n) is 22.1. The van der Waals surface area contributed by atoms with Crippen LogP contribution in [0.5, 0.6) is 23.0 Å². The van der Waals surface area contributed by atoms with E-state index in [2.05, 4.69) is 137 Å². The molecule has 3 rings (SSSR count). The van der Waals surface area contributed by atoms with Gasteiger partial charge >= 0.3 is 0 Å². The zero-order chi connectivity index (χ0) is 43.4. The van der Waals surface area contributed by atoms with E-state index in [-0.39, 0.29) is 32.5 Å². The van der Waals surface area contributed by atoms with Crippen molar-refractivity contribution >= 4 is 34.0 Å². The number of thiophene rings is 3. The van der Waals surface area contributed by atoms with Crippen molar-refractivity contribution in [2.45, 2.75) is 208 Å². The number of ether oxygens (including phenoxy) is 4. The second-order valence-corrected chi connectivity index (χ2v) is 24.0. The molecule has 326 valence electrons. The van der Waals surface area contributed by atoms with Gasteiger partial charge in [0.1, 0.15) is 0 Å². The van der Waals surface area contributed by atoms with Crippen molar-refractivity contribution in [1.82, 2.24) is 0 Å². The lowest BCUT2D eigenvalue weighted by Crippen LogP contribution is -2.40. The Labute approximate surface area is 363 Å². The third-order valence-corrected chi connectivity index (χ3v) is 19.1. The van der Waals surface area contributed by atoms with Crippen LogP contribution in [0.1, 0.15) is 205 Å². The molecule has 0 saturated carbocycles. The second kappa shape index (κ2) is 19.3. The maximum Gasteiger partial charge on any atom is 0.175 e. The lowest BCUT2D eigenvalue weighted by molar-refractivity contribution is 0.192. The van der Waals surface area contributed by atoms with Crippen LogP contribution < -0.4 is 18.9 Å². The smallest absolute Gasteiger partial charge is 0.175 e. The van der Waals surface area contributed by atoms with E-state index in [9.17, 15) is 0 Å². The summed E-state index contributed by atoms with van der Waals surface area (Å²) in [6, 6.07) is 4.79. The van der Waals surface area contributed by atoms with Gasteiger partial charge in [0.2, 0.25) is 0 Å². The molecule has 7 heteroatoms. The highest BCUT2D eigenvalue weighted by Crippen LogP contribution is 2.60. The number of unbranched alkanes of at least 4 members (excludes halogenated alkanes) is 2. The molecule has 4 nitrogen and oxygen atoms in total. The molecule has 2 unspecified atom stereocenters. The Morgan fingerprint density at radius 1 is 0.456 bits per heavy atom. The highest BCUT2D eigenvalue weighted by atomic mass is 32.1. The fourth-order valence-corrected chi connectivity index (χ4v) is 12.2. The number of hydrogen-bond donors (Lipinski definition) is 0. The van der Waals surface area contributed by atoms with Crippen molar-refractivity contribution in [1.29, 1.82) is 0 Å². The average molecular weight is 845 g/mol. The molecule has 3 heterocycles. The molecule has 0 aliphatic rings. The van der Waals surface area contributed by atoms with E-state index < -0.39 is 0 Å². The second-order valence-electron chi connectivity index (χ2n) is 20.9. The number of methoxy groups -OCH3 is 2. The van der Waals surface area contributed by atoms with Crippen molar-refractivity contribution in [3.8, 4) is 23.0 Å². The van der Waals surface area contributed by atoms with Crippen molar-refractivity contribution in [3.05, 3.63) is 41.4 Å². The predicted octanol–water partition coefficient (Wildman–Crippen LogP) is 16.2. The van der Waals surface area contributed by atoms with Crippen LogP contribution in [-0.2, 0) is 32.5 Å². The minimum absolute atomic E-state index is 0.0602. The summed E-state index contributed by atoms with van der Waals surface area (Å²) in [5, 5.41) is 0. The lowest BCUT2D eigenvalue weighted by Gasteiger charge is -2.42. The summed E-state index contributed by atoms with van der Waals surface area (Å²) in [5.74, 6) is 4.80. The van der Waals surface area contributed by atoms with Crippen LogP contribution in [0.15, 0.2) is 12.1 Å². The van der Waals surface area contributed by atoms with Crippen LogP contribution in [0.4, 0.5) is 0 Å².